The van der Waals surface area contributed by atoms with Crippen LogP contribution in [0.2, 0.25) is 0 Å². The maximum absolute atomic E-state index is 12.2. The Kier molecular flexibility index (Phi) is 4.84. The van der Waals surface area contributed by atoms with Gasteiger partial charge in [0.25, 0.3) is 5.91 Å². The van der Waals surface area contributed by atoms with Crippen LogP contribution >= 0.6 is 15.9 Å². The van der Waals surface area contributed by atoms with Crippen molar-refractivity contribution < 1.29 is 14.3 Å². The number of hydrogen-bond acceptors (Lipinski definition) is 3. The minimum Gasteiger partial charge on any atom is -0.444 e. The Hall–Kier alpha value is -2.28. The molecule has 0 saturated heterocycles. The summed E-state index contributed by atoms with van der Waals surface area (Å²) in [5, 5.41) is 0.909. The molecule has 0 bridgehead atoms. The van der Waals surface area contributed by atoms with Crippen molar-refractivity contribution in [3.05, 3.63) is 40.0 Å². The number of primary amides is 1. The Balaban J connectivity index is 1.85. The number of fused-ring (bicyclic) bond motifs is 1. The number of ether oxygens (including phenoxy) is 1. The summed E-state index contributed by atoms with van der Waals surface area (Å²) in [4.78, 5) is 28.8. The zero-order valence-corrected chi connectivity index (χ0v) is 16.6. The van der Waals surface area contributed by atoms with Gasteiger partial charge in [-0.15, -0.1) is 0 Å². The SMILES string of the molecule is CC(C)(C)OC(=O)N1CC=C(c2cc3c(Br)ccc(C(N)=O)c3[nH]2)CC1. The van der Waals surface area contributed by atoms with Gasteiger partial charge in [0.05, 0.1) is 11.1 Å². The lowest BCUT2D eigenvalue weighted by Crippen LogP contribution is -2.39. The summed E-state index contributed by atoms with van der Waals surface area (Å²) in [6, 6.07) is 5.52. The van der Waals surface area contributed by atoms with Gasteiger partial charge in [0, 0.05) is 28.6 Å². The lowest BCUT2D eigenvalue weighted by Gasteiger charge is -2.29. The van der Waals surface area contributed by atoms with Gasteiger partial charge in [-0.25, -0.2) is 4.79 Å². The number of nitrogens with zero attached hydrogens (tertiary/aromatic N) is 1. The summed E-state index contributed by atoms with van der Waals surface area (Å²) in [5.74, 6) is -0.468. The topological polar surface area (TPSA) is 88.4 Å². The maximum atomic E-state index is 12.2. The Morgan fingerprint density at radius 1 is 1.31 bits per heavy atom. The van der Waals surface area contributed by atoms with Crippen LogP contribution in [0.5, 0.6) is 0 Å². The summed E-state index contributed by atoms with van der Waals surface area (Å²) in [5.41, 5.74) is 8.18. The second-order valence-electron chi connectivity index (χ2n) is 7.34. The van der Waals surface area contributed by atoms with Gasteiger partial charge < -0.3 is 20.4 Å². The molecule has 0 radical (unpaired) electrons. The highest BCUT2D eigenvalue weighted by molar-refractivity contribution is 9.10. The first-order valence-electron chi connectivity index (χ1n) is 8.44. The number of aromatic amines is 1. The smallest absolute Gasteiger partial charge is 0.410 e. The van der Waals surface area contributed by atoms with Crippen molar-refractivity contribution in [1.29, 1.82) is 0 Å². The number of rotatable bonds is 2. The van der Waals surface area contributed by atoms with Gasteiger partial charge in [-0.1, -0.05) is 22.0 Å². The molecule has 26 heavy (non-hydrogen) atoms. The average molecular weight is 420 g/mol. The second kappa shape index (κ2) is 6.79. The first kappa shape index (κ1) is 18.5. The Labute approximate surface area is 160 Å². The van der Waals surface area contributed by atoms with Gasteiger partial charge in [0.15, 0.2) is 0 Å². The van der Waals surface area contributed by atoms with E-state index in [9.17, 15) is 9.59 Å². The van der Waals surface area contributed by atoms with Gasteiger partial charge in [0.1, 0.15) is 5.60 Å². The quantitative estimate of drug-likeness (QED) is 0.768. The van der Waals surface area contributed by atoms with E-state index in [1.54, 1.807) is 11.0 Å². The van der Waals surface area contributed by atoms with Crippen molar-refractivity contribution in [3.63, 3.8) is 0 Å². The van der Waals surface area contributed by atoms with E-state index in [0.29, 0.717) is 25.1 Å². The van der Waals surface area contributed by atoms with Crippen molar-refractivity contribution in [3.8, 4) is 0 Å². The van der Waals surface area contributed by atoms with E-state index in [-0.39, 0.29) is 6.09 Å². The lowest BCUT2D eigenvalue weighted by atomic mass is 10.0. The lowest BCUT2D eigenvalue weighted by molar-refractivity contribution is 0.0270. The number of benzene rings is 1. The Bertz CT molecular complexity index is 909. The second-order valence-corrected chi connectivity index (χ2v) is 8.19. The van der Waals surface area contributed by atoms with Crippen molar-refractivity contribution in [2.45, 2.75) is 32.8 Å². The molecule has 1 aliphatic heterocycles. The molecule has 2 amide bonds. The molecule has 2 heterocycles. The van der Waals surface area contributed by atoms with Crippen LogP contribution in [-0.2, 0) is 4.74 Å². The van der Waals surface area contributed by atoms with E-state index in [0.717, 1.165) is 26.6 Å². The fraction of sp³-hybridized carbons (Fsp3) is 0.368. The van der Waals surface area contributed by atoms with E-state index < -0.39 is 11.5 Å². The van der Waals surface area contributed by atoms with Crippen LogP contribution in [0.4, 0.5) is 4.79 Å². The average Bonchev–Trinajstić information content (AvgIpc) is 2.99. The molecule has 0 aliphatic carbocycles. The normalized spacial score (nSPS) is 15.1. The monoisotopic (exact) mass is 419 g/mol. The van der Waals surface area contributed by atoms with Crippen LogP contribution in [0.1, 0.15) is 43.2 Å². The van der Waals surface area contributed by atoms with Gasteiger partial charge in [-0.2, -0.15) is 0 Å². The first-order chi connectivity index (χ1) is 12.2. The Morgan fingerprint density at radius 2 is 2.04 bits per heavy atom. The van der Waals surface area contributed by atoms with E-state index in [1.807, 2.05) is 39.0 Å². The molecule has 138 valence electrons. The molecular formula is C19H22BrN3O3. The molecule has 1 aliphatic rings. The molecule has 0 fully saturated rings. The molecule has 1 aromatic heterocycles. The minimum atomic E-state index is -0.504. The van der Waals surface area contributed by atoms with Crippen LogP contribution in [0.15, 0.2) is 28.7 Å². The first-order valence-corrected chi connectivity index (χ1v) is 9.23. The van der Waals surface area contributed by atoms with Crippen molar-refractivity contribution in [2.75, 3.05) is 13.1 Å². The highest BCUT2D eigenvalue weighted by Gasteiger charge is 2.24. The highest BCUT2D eigenvalue weighted by Crippen LogP contribution is 2.32. The number of H-pyrrole nitrogens is 1. The van der Waals surface area contributed by atoms with Crippen molar-refractivity contribution in [2.24, 2.45) is 5.73 Å². The van der Waals surface area contributed by atoms with Crippen LogP contribution in [0.3, 0.4) is 0 Å². The third kappa shape index (κ3) is 3.77. The zero-order chi connectivity index (χ0) is 19.1. The van der Waals surface area contributed by atoms with Gasteiger partial charge in [-0.3, -0.25) is 4.79 Å². The van der Waals surface area contributed by atoms with Gasteiger partial charge in [0.2, 0.25) is 0 Å². The van der Waals surface area contributed by atoms with E-state index in [4.69, 9.17) is 10.5 Å². The van der Waals surface area contributed by atoms with E-state index >= 15 is 0 Å². The summed E-state index contributed by atoms with van der Waals surface area (Å²) < 4.78 is 6.31. The van der Waals surface area contributed by atoms with Crippen molar-refractivity contribution >= 4 is 44.4 Å². The van der Waals surface area contributed by atoms with Crippen molar-refractivity contribution in [1.82, 2.24) is 9.88 Å². The van der Waals surface area contributed by atoms with Gasteiger partial charge >= 0.3 is 6.09 Å². The summed E-state index contributed by atoms with van der Waals surface area (Å²) in [6.45, 7) is 6.64. The number of amides is 2. The molecule has 2 aromatic rings. The fourth-order valence-corrected chi connectivity index (χ4v) is 3.41. The number of nitrogens with two attached hydrogens (primary N) is 1. The molecule has 3 N–H and O–H groups in total. The number of aromatic nitrogens is 1. The predicted octanol–water partition coefficient (Wildman–Crippen LogP) is 4.05. The number of carbonyl (C=O) groups is 2. The summed E-state index contributed by atoms with van der Waals surface area (Å²) in [6.07, 6.45) is 2.41. The molecule has 3 rings (SSSR count). The third-order valence-corrected chi connectivity index (χ3v) is 4.90. The molecular weight excluding hydrogens is 398 g/mol. The number of nitrogens with one attached hydrogen (secondary N) is 1. The minimum absolute atomic E-state index is 0.303. The van der Waals surface area contributed by atoms with Crippen LogP contribution in [-0.4, -0.2) is 40.6 Å². The maximum Gasteiger partial charge on any atom is 0.410 e. The third-order valence-electron chi connectivity index (χ3n) is 4.21. The molecule has 1 aromatic carbocycles. The molecule has 0 spiro atoms. The zero-order valence-electron chi connectivity index (χ0n) is 15.1. The fourth-order valence-electron chi connectivity index (χ4n) is 2.97. The molecule has 7 heteroatoms. The Morgan fingerprint density at radius 3 is 2.62 bits per heavy atom. The molecule has 0 atom stereocenters. The van der Waals surface area contributed by atoms with Gasteiger partial charge in [-0.05, 0) is 51.0 Å². The van der Waals surface area contributed by atoms with E-state index in [1.165, 1.54) is 0 Å². The standard InChI is InChI=1S/C19H22BrN3O3/c1-19(2,3)26-18(25)23-8-6-11(7-9-23)15-10-13-14(20)5-4-12(17(21)24)16(13)22-15/h4-6,10,22H,7-9H2,1-3H3,(H2,21,24). The molecule has 6 nitrogen and oxygen atoms in total. The summed E-state index contributed by atoms with van der Waals surface area (Å²) in [7, 11) is 0. The van der Waals surface area contributed by atoms with Crippen LogP contribution in [0.25, 0.3) is 16.5 Å². The number of halogens is 1. The predicted molar refractivity (Wildman–Crippen MR) is 105 cm³/mol. The van der Waals surface area contributed by atoms with E-state index in [2.05, 4.69) is 20.9 Å². The largest absolute Gasteiger partial charge is 0.444 e. The summed E-state index contributed by atoms with van der Waals surface area (Å²) >= 11 is 3.51. The molecule has 0 saturated carbocycles. The molecule has 0 unspecified atom stereocenters. The highest BCUT2D eigenvalue weighted by atomic mass is 79.9. The number of carbonyl (C=O) groups excluding carboxylic acids is 2. The van der Waals surface area contributed by atoms with Crippen LogP contribution < -0.4 is 5.73 Å². The van der Waals surface area contributed by atoms with Crippen LogP contribution in [0, 0.1) is 0 Å². The number of hydrogen-bond donors (Lipinski definition) is 2.